The van der Waals surface area contributed by atoms with Crippen LogP contribution in [0, 0.1) is 6.92 Å². The van der Waals surface area contributed by atoms with E-state index in [1.54, 1.807) is 13.2 Å². The minimum atomic E-state index is 0.362. The van der Waals surface area contributed by atoms with Crippen molar-refractivity contribution in [2.75, 3.05) is 19.5 Å². The van der Waals surface area contributed by atoms with Crippen LogP contribution in [-0.2, 0) is 6.42 Å². The topological polar surface area (TPSA) is 70.5 Å². The summed E-state index contributed by atoms with van der Waals surface area (Å²) in [4.78, 5) is 0. The summed E-state index contributed by atoms with van der Waals surface area (Å²) in [6.07, 6.45) is 0.835. The fourth-order valence-corrected chi connectivity index (χ4v) is 2.38. The van der Waals surface area contributed by atoms with Crippen molar-refractivity contribution in [1.82, 2.24) is 5.16 Å². The number of aryl methyl sites for hydroxylation is 1. The zero-order valence-electron chi connectivity index (χ0n) is 10.3. The number of rotatable bonds is 2. The van der Waals surface area contributed by atoms with Gasteiger partial charge >= 0.3 is 0 Å². The van der Waals surface area contributed by atoms with Gasteiger partial charge in [0.1, 0.15) is 11.5 Å². The lowest BCUT2D eigenvalue weighted by molar-refractivity contribution is 0.356. The van der Waals surface area contributed by atoms with Gasteiger partial charge in [0.2, 0.25) is 0 Å². The average Bonchev–Trinajstić information content (AvgIpc) is 2.95. The lowest BCUT2D eigenvalue weighted by atomic mass is 9.98. The molecular formula is C13H14N2O3. The van der Waals surface area contributed by atoms with Crippen LogP contribution in [0.1, 0.15) is 11.1 Å². The van der Waals surface area contributed by atoms with Gasteiger partial charge in [0.05, 0.1) is 19.3 Å². The average molecular weight is 246 g/mol. The highest BCUT2D eigenvalue weighted by Gasteiger charge is 2.25. The van der Waals surface area contributed by atoms with Crippen LogP contribution in [0.5, 0.6) is 11.5 Å². The third-order valence-corrected chi connectivity index (χ3v) is 3.12. The van der Waals surface area contributed by atoms with Crippen molar-refractivity contribution >= 4 is 5.82 Å². The first-order chi connectivity index (χ1) is 8.70. The van der Waals surface area contributed by atoms with Crippen LogP contribution in [0.4, 0.5) is 5.82 Å². The molecule has 1 aromatic carbocycles. The van der Waals surface area contributed by atoms with Crippen molar-refractivity contribution in [2.24, 2.45) is 0 Å². The molecule has 2 aromatic rings. The number of ether oxygens (including phenoxy) is 2. The number of nitrogen functional groups attached to an aromatic ring is 1. The summed E-state index contributed by atoms with van der Waals surface area (Å²) in [6, 6.07) is 3.69. The maximum absolute atomic E-state index is 5.61. The van der Waals surface area contributed by atoms with E-state index in [1.807, 2.05) is 13.0 Å². The number of nitrogens with zero attached hydrogens (tertiary/aromatic N) is 1. The molecule has 0 spiro atoms. The largest absolute Gasteiger partial charge is 0.496 e. The second-order valence-electron chi connectivity index (χ2n) is 4.29. The number of hydrogen-bond donors (Lipinski definition) is 1. The highest BCUT2D eigenvalue weighted by molar-refractivity contribution is 5.76. The molecule has 2 heterocycles. The van der Waals surface area contributed by atoms with E-state index in [1.165, 1.54) is 0 Å². The van der Waals surface area contributed by atoms with Crippen molar-refractivity contribution in [1.29, 1.82) is 0 Å². The molecule has 0 bridgehead atoms. The minimum Gasteiger partial charge on any atom is -0.496 e. The summed E-state index contributed by atoms with van der Waals surface area (Å²) < 4.78 is 16.3. The van der Waals surface area contributed by atoms with Gasteiger partial charge in [-0.1, -0.05) is 5.16 Å². The van der Waals surface area contributed by atoms with Gasteiger partial charge < -0.3 is 19.7 Å². The monoisotopic (exact) mass is 246 g/mol. The van der Waals surface area contributed by atoms with Gasteiger partial charge in [0.25, 0.3) is 0 Å². The van der Waals surface area contributed by atoms with E-state index < -0.39 is 0 Å². The molecule has 5 nitrogen and oxygen atoms in total. The second-order valence-corrected chi connectivity index (χ2v) is 4.29. The highest BCUT2D eigenvalue weighted by atomic mass is 16.5. The molecule has 0 aliphatic carbocycles. The van der Waals surface area contributed by atoms with E-state index >= 15 is 0 Å². The number of aromatic nitrogens is 1. The predicted molar refractivity (Wildman–Crippen MR) is 66.8 cm³/mol. The van der Waals surface area contributed by atoms with Gasteiger partial charge in [0, 0.05) is 18.1 Å². The van der Waals surface area contributed by atoms with Gasteiger partial charge in [-0.3, -0.25) is 0 Å². The number of hydrogen-bond acceptors (Lipinski definition) is 5. The maximum atomic E-state index is 5.61. The van der Waals surface area contributed by atoms with Crippen LogP contribution in [0.25, 0.3) is 11.3 Å². The molecule has 0 atom stereocenters. The van der Waals surface area contributed by atoms with Crippen molar-refractivity contribution < 1.29 is 14.0 Å². The molecule has 5 heteroatoms. The highest BCUT2D eigenvalue weighted by Crippen LogP contribution is 2.43. The van der Waals surface area contributed by atoms with E-state index in [9.17, 15) is 0 Å². The van der Waals surface area contributed by atoms with E-state index in [0.29, 0.717) is 18.2 Å². The quantitative estimate of drug-likeness (QED) is 0.879. The third-order valence-electron chi connectivity index (χ3n) is 3.12. The van der Waals surface area contributed by atoms with Gasteiger partial charge in [-0.15, -0.1) is 0 Å². The normalized spacial score (nSPS) is 13.2. The standard InChI is InChI=1S/C13H14N2O3/c1-7-5-9-8(3-4-17-9)12(13(7)16-2)10-6-11(14)15-18-10/h5-6H,3-4H2,1-2H3,(H2,14,15). The fourth-order valence-electron chi connectivity index (χ4n) is 2.38. The molecule has 2 N–H and O–H groups in total. The smallest absolute Gasteiger partial charge is 0.173 e. The van der Waals surface area contributed by atoms with E-state index in [0.717, 1.165) is 34.6 Å². The summed E-state index contributed by atoms with van der Waals surface area (Å²) >= 11 is 0. The SMILES string of the molecule is COc1c(C)cc2c(c1-c1cc(N)no1)CCO2. The summed E-state index contributed by atoms with van der Waals surface area (Å²) in [7, 11) is 1.65. The number of anilines is 1. The zero-order chi connectivity index (χ0) is 12.7. The maximum Gasteiger partial charge on any atom is 0.173 e. The van der Waals surface area contributed by atoms with Crippen LogP contribution in [0.15, 0.2) is 16.7 Å². The first-order valence-electron chi connectivity index (χ1n) is 5.76. The predicted octanol–water partition coefficient (Wildman–Crippen LogP) is 2.18. The molecule has 0 fully saturated rings. The summed E-state index contributed by atoms with van der Waals surface area (Å²) in [6.45, 7) is 2.66. The summed E-state index contributed by atoms with van der Waals surface area (Å²) in [5.74, 6) is 2.66. The fraction of sp³-hybridized carbons (Fsp3) is 0.308. The van der Waals surface area contributed by atoms with Gasteiger partial charge in [0.15, 0.2) is 11.6 Å². The molecule has 0 unspecified atom stereocenters. The summed E-state index contributed by atoms with van der Waals surface area (Å²) in [5.41, 5.74) is 8.61. The van der Waals surface area contributed by atoms with Crippen LogP contribution >= 0.6 is 0 Å². The lowest BCUT2D eigenvalue weighted by Crippen LogP contribution is -1.95. The Morgan fingerprint density at radius 1 is 1.39 bits per heavy atom. The molecule has 0 saturated heterocycles. The molecule has 0 radical (unpaired) electrons. The molecule has 0 amide bonds. The van der Waals surface area contributed by atoms with Crippen molar-refractivity contribution in [2.45, 2.75) is 13.3 Å². The van der Waals surface area contributed by atoms with Crippen molar-refractivity contribution in [3.63, 3.8) is 0 Å². The van der Waals surface area contributed by atoms with E-state index in [4.69, 9.17) is 19.7 Å². The molecular weight excluding hydrogens is 232 g/mol. The first kappa shape index (κ1) is 11.0. The van der Waals surface area contributed by atoms with Crippen molar-refractivity contribution in [3.05, 3.63) is 23.3 Å². The van der Waals surface area contributed by atoms with Crippen molar-refractivity contribution in [3.8, 4) is 22.8 Å². The molecule has 3 rings (SSSR count). The Morgan fingerprint density at radius 3 is 2.89 bits per heavy atom. The Bertz CT molecular complexity index is 601. The summed E-state index contributed by atoms with van der Waals surface area (Å²) in [5, 5.41) is 3.73. The Labute approximate surface area is 104 Å². The van der Waals surface area contributed by atoms with Gasteiger partial charge in [-0.2, -0.15) is 0 Å². The molecule has 1 aliphatic heterocycles. The number of benzene rings is 1. The third kappa shape index (κ3) is 1.51. The Kier molecular flexibility index (Phi) is 2.40. The van der Waals surface area contributed by atoms with E-state index in [-0.39, 0.29) is 0 Å². The number of nitrogens with two attached hydrogens (primary N) is 1. The molecule has 18 heavy (non-hydrogen) atoms. The number of fused-ring (bicyclic) bond motifs is 1. The molecule has 1 aromatic heterocycles. The Balaban J connectivity index is 2.29. The van der Waals surface area contributed by atoms with Gasteiger partial charge in [-0.05, 0) is 18.6 Å². The van der Waals surface area contributed by atoms with Crippen LogP contribution in [0.3, 0.4) is 0 Å². The number of methoxy groups -OCH3 is 1. The Morgan fingerprint density at radius 2 is 2.22 bits per heavy atom. The second kappa shape index (κ2) is 3.94. The van der Waals surface area contributed by atoms with Crippen LogP contribution < -0.4 is 15.2 Å². The molecule has 0 saturated carbocycles. The zero-order valence-corrected chi connectivity index (χ0v) is 10.3. The lowest BCUT2D eigenvalue weighted by Gasteiger charge is -2.13. The van der Waals surface area contributed by atoms with E-state index in [2.05, 4.69) is 5.16 Å². The Hall–Kier alpha value is -2.17. The molecule has 1 aliphatic rings. The first-order valence-corrected chi connectivity index (χ1v) is 5.76. The van der Waals surface area contributed by atoms with Gasteiger partial charge in [-0.25, -0.2) is 0 Å². The van der Waals surface area contributed by atoms with Crippen LogP contribution in [-0.4, -0.2) is 18.9 Å². The van der Waals surface area contributed by atoms with Crippen LogP contribution in [0.2, 0.25) is 0 Å². The minimum absolute atomic E-state index is 0.362. The molecule has 94 valence electrons.